The zero-order valence-corrected chi connectivity index (χ0v) is 18.4. The first-order valence-corrected chi connectivity index (χ1v) is 11.0. The van der Waals surface area contributed by atoms with E-state index in [1.54, 1.807) is 24.3 Å². The molecule has 1 aromatic heterocycles. The van der Waals surface area contributed by atoms with Gasteiger partial charge in [-0.25, -0.2) is 4.98 Å². The molecule has 0 saturated heterocycles. The minimum Gasteiger partial charge on any atom is -0.468 e. The Labute approximate surface area is 184 Å². The normalized spacial score (nSPS) is 11.8. The molecule has 8 heteroatoms. The van der Waals surface area contributed by atoms with E-state index in [0.29, 0.717) is 22.6 Å². The number of thioether (sulfide) groups is 1. The highest BCUT2D eigenvalue weighted by molar-refractivity contribution is 7.99. The van der Waals surface area contributed by atoms with Gasteiger partial charge in [-0.05, 0) is 24.1 Å². The number of hydrogen-bond acceptors (Lipinski definition) is 6. The first-order chi connectivity index (χ1) is 15.0. The van der Waals surface area contributed by atoms with Crippen LogP contribution in [0, 0.1) is 0 Å². The monoisotopic (exact) mass is 439 g/mol. The molecule has 1 amide bonds. The fraction of sp³-hybridized carbons (Fsp3) is 0.304. The second-order valence-corrected chi connectivity index (χ2v) is 7.93. The first-order valence-electron chi connectivity index (χ1n) is 10.0. The van der Waals surface area contributed by atoms with Crippen LogP contribution in [0.25, 0.3) is 10.9 Å². The number of esters is 1. The van der Waals surface area contributed by atoms with E-state index < -0.39 is 5.97 Å². The maximum absolute atomic E-state index is 12.9. The number of rotatable bonds is 9. The molecular weight excluding hydrogens is 414 g/mol. The molecule has 162 valence electrons. The molecule has 0 spiro atoms. The number of carbonyl (C=O) groups excluding carboxylic acids is 2. The number of methoxy groups -OCH3 is 1. The third-order valence-electron chi connectivity index (χ3n) is 4.98. The van der Waals surface area contributed by atoms with Crippen LogP contribution >= 0.6 is 11.8 Å². The molecule has 0 radical (unpaired) electrons. The minimum atomic E-state index is -0.556. The fourth-order valence-electron chi connectivity index (χ4n) is 3.23. The lowest BCUT2D eigenvalue weighted by Crippen LogP contribution is -2.31. The molecular formula is C23H25N3O4S. The number of benzene rings is 2. The van der Waals surface area contributed by atoms with Crippen LogP contribution in [-0.4, -0.2) is 40.8 Å². The summed E-state index contributed by atoms with van der Waals surface area (Å²) in [6.45, 7) is 2.35. The average Bonchev–Trinajstić information content (AvgIpc) is 2.80. The van der Waals surface area contributed by atoms with Gasteiger partial charge in [-0.3, -0.25) is 19.0 Å². The highest BCUT2D eigenvalue weighted by Gasteiger charge is 2.16. The van der Waals surface area contributed by atoms with E-state index in [4.69, 9.17) is 4.74 Å². The summed E-state index contributed by atoms with van der Waals surface area (Å²) in [5.41, 5.74) is 1.36. The number of fused-ring (bicyclic) bond motifs is 1. The molecule has 7 nitrogen and oxygen atoms in total. The van der Waals surface area contributed by atoms with Crippen LogP contribution in [0.4, 0.5) is 0 Å². The van der Waals surface area contributed by atoms with Gasteiger partial charge in [0.25, 0.3) is 5.56 Å². The molecule has 0 bridgehead atoms. The van der Waals surface area contributed by atoms with Crippen molar-refractivity contribution in [2.45, 2.75) is 31.0 Å². The van der Waals surface area contributed by atoms with Gasteiger partial charge in [0, 0.05) is 12.5 Å². The first kappa shape index (κ1) is 22.6. The summed E-state index contributed by atoms with van der Waals surface area (Å²) < 4.78 is 5.96. The van der Waals surface area contributed by atoms with Crippen molar-refractivity contribution in [3.8, 4) is 0 Å². The van der Waals surface area contributed by atoms with E-state index in [0.717, 1.165) is 18.2 Å². The van der Waals surface area contributed by atoms with E-state index >= 15 is 0 Å². The Hall–Kier alpha value is -3.13. The number of para-hydroxylation sites is 1. The third-order valence-corrected chi connectivity index (χ3v) is 5.96. The van der Waals surface area contributed by atoms with E-state index in [1.807, 2.05) is 18.2 Å². The number of aromatic nitrogens is 2. The predicted octanol–water partition coefficient (Wildman–Crippen LogP) is 2.97. The van der Waals surface area contributed by atoms with Crippen molar-refractivity contribution in [2.75, 3.05) is 19.4 Å². The molecule has 0 aliphatic carbocycles. The summed E-state index contributed by atoms with van der Waals surface area (Å²) >= 11 is 1.12. The summed E-state index contributed by atoms with van der Waals surface area (Å²) in [5, 5.41) is 3.67. The standard InChI is InChI=1S/C23H25N3O4S/c1-3-16(17-9-5-4-6-10-17)13-24-20(27)15-31-23-25-19-12-8-7-11-18(19)22(29)26(23)14-21(28)30-2/h4-12,16H,3,13-15H2,1-2H3,(H,24,27). The van der Waals surface area contributed by atoms with E-state index in [1.165, 1.54) is 17.2 Å². The van der Waals surface area contributed by atoms with Crippen LogP contribution in [-0.2, 0) is 20.9 Å². The minimum absolute atomic E-state index is 0.0805. The zero-order chi connectivity index (χ0) is 22.2. The van der Waals surface area contributed by atoms with Crippen LogP contribution in [0.15, 0.2) is 64.5 Å². The lowest BCUT2D eigenvalue weighted by Gasteiger charge is -2.16. The average molecular weight is 440 g/mol. The molecule has 3 rings (SSSR count). The Balaban J connectivity index is 1.72. The van der Waals surface area contributed by atoms with Gasteiger partial charge in [0.2, 0.25) is 5.91 Å². The van der Waals surface area contributed by atoms with Gasteiger partial charge < -0.3 is 10.1 Å². The van der Waals surface area contributed by atoms with Gasteiger partial charge >= 0.3 is 5.97 Å². The van der Waals surface area contributed by atoms with Crippen molar-refractivity contribution in [3.63, 3.8) is 0 Å². The Kier molecular flexibility index (Phi) is 7.83. The Morgan fingerprint density at radius 3 is 2.55 bits per heavy atom. The van der Waals surface area contributed by atoms with Gasteiger partial charge in [-0.2, -0.15) is 0 Å². The van der Waals surface area contributed by atoms with E-state index in [-0.39, 0.29) is 29.7 Å². The number of nitrogens with zero attached hydrogens (tertiary/aromatic N) is 2. The van der Waals surface area contributed by atoms with Gasteiger partial charge in [-0.15, -0.1) is 0 Å². The van der Waals surface area contributed by atoms with Crippen LogP contribution in [0.5, 0.6) is 0 Å². The quantitative estimate of drug-likeness (QED) is 0.313. The van der Waals surface area contributed by atoms with Crippen molar-refractivity contribution < 1.29 is 14.3 Å². The van der Waals surface area contributed by atoms with Gasteiger partial charge in [0.1, 0.15) is 6.54 Å². The third kappa shape index (κ3) is 5.73. The van der Waals surface area contributed by atoms with Crippen LogP contribution in [0.1, 0.15) is 24.8 Å². The molecule has 0 saturated carbocycles. The summed E-state index contributed by atoms with van der Waals surface area (Å²) in [4.78, 5) is 41.6. The smallest absolute Gasteiger partial charge is 0.325 e. The summed E-state index contributed by atoms with van der Waals surface area (Å²) in [7, 11) is 1.26. The van der Waals surface area contributed by atoms with Crippen LogP contribution < -0.4 is 10.9 Å². The van der Waals surface area contributed by atoms with Gasteiger partial charge in [0.05, 0.1) is 23.8 Å². The second kappa shape index (κ2) is 10.8. The molecule has 0 fully saturated rings. The van der Waals surface area contributed by atoms with Crippen molar-refractivity contribution in [1.29, 1.82) is 0 Å². The van der Waals surface area contributed by atoms with E-state index in [2.05, 4.69) is 29.4 Å². The number of ether oxygens (including phenoxy) is 1. The van der Waals surface area contributed by atoms with E-state index in [9.17, 15) is 14.4 Å². The van der Waals surface area contributed by atoms with Crippen molar-refractivity contribution in [3.05, 3.63) is 70.5 Å². The number of carbonyl (C=O) groups is 2. The van der Waals surface area contributed by atoms with Gasteiger partial charge in [-0.1, -0.05) is 61.2 Å². The lowest BCUT2D eigenvalue weighted by atomic mass is 9.96. The maximum Gasteiger partial charge on any atom is 0.325 e. The van der Waals surface area contributed by atoms with Gasteiger partial charge in [0.15, 0.2) is 5.16 Å². The lowest BCUT2D eigenvalue weighted by molar-refractivity contribution is -0.141. The molecule has 0 aliphatic rings. The molecule has 2 aromatic carbocycles. The molecule has 1 unspecified atom stereocenters. The Morgan fingerprint density at radius 2 is 1.84 bits per heavy atom. The largest absolute Gasteiger partial charge is 0.468 e. The second-order valence-electron chi connectivity index (χ2n) is 6.99. The summed E-state index contributed by atoms with van der Waals surface area (Å²) in [6, 6.07) is 17.0. The highest BCUT2D eigenvalue weighted by Crippen LogP contribution is 2.20. The maximum atomic E-state index is 12.9. The molecule has 1 heterocycles. The number of nitrogens with one attached hydrogen (secondary N) is 1. The molecule has 1 N–H and O–H groups in total. The van der Waals surface area contributed by atoms with Crippen LogP contribution in [0.2, 0.25) is 0 Å². The topological polar surface area (TPSA) is 90.3 Å². The number of hydrogen-bond donors (Lipinski definition) is 1. The van der Waals surface area contributed by atoms with Crippen molar-refractivity contribution in [2.24, 2.45) is 0 Å². The molecule has 31 heavy (non-hydrogen) atoms. The summed E-state index contributed by atoms with van der Waals surface area (Å²) in [5.74, 6) is -0.408. The summed E-state index contributed by atoms with van der Waals surface area (Å²) in [6.07, 6.45) is 0.905. The molecule has 0 aliphatic heterocycles. The van der Waals surface area contributed by atoms with Crippen molar-refractivity contribution in [1.82, 2.24) is 14.9 Å². The number of amides is 1. The van der Waals surface area contributed by atoms with Crippen LogP contribution in [0.3, 0.4) is 0 Å². The van der Waals surface area contributed by atoms with Crippen molar-refractivity contribution >= 4 is 34.5 Å². The highest BCUT2D eigenvalue weighted by atomic mass is 32.2. The molecule has 3 aromatic rings. The molecule has 1 atom stereocenters. The Bertz CT molecular complexity index is 1110. The SMILES string of the molecule is CCC(CNC(=O)CSc1nc2ccccc2c(=O)n1CC(=O)OC)c1ccccc1. The zero-order valence-electron chi connectivity index (χ0n) is 17.5. The predicted molar refractivity (Wildman–Crippen MR) is 121 cm³/mol. The Morgan fingerprint density at radius 1 is 1.13 bits per heavy atom. The fourth-order valence-corrected chi connectivity index (χ4v) is 4.06.